The average molecular weight is 530 g/mol. The van der Waals surface area contributed by atoms with Crippen molar-refractivity contribution in [2.45, 2.75) is 97.7 Å². The zero-order chi connectivity index (χ0) is 27.5. The normalized spacial score (nSPS) is 24.2. The van der Waals surface area contributed by atoms with Crippen molar-refractivity contribution in [1.82, 2.24) is 15.5 Å². The molecule has 2 amide bonds. The third-order valence-corrected chi connectivity index (χ3v) is 8.05. The molecule has 7 nitrogen and oxygen atoms in total. The summed E-state index contributed by atoms with van der Waals surface area (Å²) in [6, 6.07) is 7.67. The molecule has 214 valence electrons. The minimum Gasteiger partial charge on any atom is -0.497 e. The number of carbonyl (C=O) groups is 2. The predicted molar refractivity (Wildman–Crippen MR) is 152 cm³/mol. The summed E-state index contributed by atoms with van der Waals surface area (Å²) in [5, 5.41) is 6.46. The molecule has 1 aromatic carbocycles. The fourth-order valence-corrected chi connectivity index (χ4v) is 5.84. The van der Waals surface area contributed by atoms with Crippen LogP contribution in [0.5, 0.6) is 5.75 Å². The smallest absolute Gasteiger partial charge is 0.242 e. The Morgan fingerprint density at radius 3 is 2.26 bits per heavy atom. The summed E-state index contributed by atoms with van der Waals surface area (Å²) in [7, 11) is 1.68. The maximum atomic E-state index is 13.9. The van der Waals surface area contributed by atoms with E-state index >= 15 is 0 Å². The zero-order valence-corrected chi connectivity index (χ0v) is 24.4. The Morgan fingerprint density at radius 2 is 1.63 bits per heavy atom. The molecule has 2 aliphatic rings. The Morgan fingerprint density at radius 1 is 0.947 bits per heavy atom. The molecule has 0 saturated carbocycles. The molecule has 38 heavy (non-hydrogen) atoms. The maximum absolute atomic E-state index is 13.9. The van der Waals surface area contributed by atoms with Gasteiger partial charge in [0.05, 0.1) is 25.2 Å². The van der Waals surface area contributed by atoms with E-state index in [4.69, 9.17) is 9.47 Å². The Labute approximate surface area is 230 Å². The van der Waals surface area contributed by atoms with E-state index < -0.39 is 11.5 Å². The molecule has 2 N–H and O–H groups in total. The lowest BCUT2D eigenvalue weighted by atomic mass is 9.73. The van der Waals surface area contributed by atoms with E-state index in [2.05, 4.69) is 55.4 Å². The van der Waals surface area contributed by atoms with E-state index in [1.807, 2.05) is 12.1 Å². The fourth-order valence-electron chi connectivity index (χ4n) is 5.84. The molecule has 1 aromatic rings. The summed E-state index contributed by atoms with van der Waals surface area (Å²) in [6.07, 6.45) is 7.04. The van der Waals surface area contributed by atoms with E-state index in [1.165, 1.54) is 5.56 Å². The van der Waals surface area contributed by atoms with E-state index in [1.54, 1.807) is 7.11 Å². The van der Waals surface area contributed by atoms with Crippen LogP contribution in [0.1, 0.15) is 84.6 Å². The number of carbonyl (C=O) groups excluding carboxylic acids is 2. The molecule has 2 saturated heterocycles. The Kier molecular flexibility index (Phi) is 11.9. The van der Waals surface area contributed by atoms with Gasteiger partial charge in [-0.3, -0.25) is 14.5 Å². The van der Waals surface area contributed by atoms with Crippen LogP contribution in [0.4, 0.5) is 0 Å². The number of hydrogen-bond acceptors (Lipinski definition) is 5. The quantitative estimate of drug-likeness (QED) is 0.524. The SMILES string of the molecule is COc1ccc(CN2CCC3(CCCCCOC[C@H](CC(C)C)NC(=O)[C@H](CC(C)C)NC3=O)CC2)cc1. The summed E-state index contributed by atoms with van der Waals surface area (Å²) >= 11 is 0. The van der Waals surface area contributed by atoms with Gasteiger partial charge in [0.25, 0.3) is 0 Å². The third kappa shape index (κ3) is 9.26. The van der Waals surface area contributed by atoms with Crippen molar-refractivity contribution in [2.75, 3.05) is 33.4 Å². The van der Waals surface area contributed by atoms with Gasteiger partial charge in [-0.25, -0.2) is 0 Å². The van der Waals surface area contributed by atoms with Crippen LogP contribution in [-0.2, 0) is 20.9 Å². The number of amides is 2. The van der Waals surface area contributed by atoms with E-state index in [9.17, 15) is 9.59 Å². The number of piperidine rings is 1. The van der Waals surface area contributed by atoms with Crippen molar-refractivity contribution < 1.29 is 19.1 Å². The highest BCUT2D eigenvalue weighted by molar-refractivity contribution is 5.90. The molecular weight excluding hydrogens is 478 g/mol. The molecule has 2 fully saturated rings. The molecule has 2 aliphatic heterocycles. The van der Waals surface area contributed by atoms with Crippen LogP contribution in [0.25, 0.3) is 0 Å². The van der Waals surface area contributed by atoms with Gasteiger partial charge in [0.2, 0.25) is 11.8 Å². The van der Waals surface area contributed by atoms with E-state index in [0.29, 0.717) is 31.5 Å². The number of nitrogens with one attached hydrogen (secondary N) is 2. The Hall–Kier alpha value is -2.12. The van der Waals surface area contributed by atoms with Crippen molar-refractivity contribution in [3.63, 3.8) is 0 Å². The number of nitrogens with zero attached hydrogens (tertiary/aromatic N) is 1. The topological polar surface area (TPSA) is 79.9 Å². The van der Waals surface area contributed by atoms with Crippen LogP contribution < -0.4 is 15.4 Å². The van der Waals surface area contributed by atoms with Gasteiger partial charge in [0.1, 0.15) is 11.8 Å². The predicted octanol–water partition coefficient (Wildman–Crippen LogP) is 4.93. The summed E-state index contributed by atoms with van der Waals surface area (Å²) in [5.41, 5.74) is 0.829. The van der Waals surface area contributed by atoms with Crippen LogP contribution in [-0.4, -0.2) is 62.2 Å². The van der Waals surface area contributed by atoms with Gasteiger partial charge < -0.3 is 20.1 Å². The monoisotopic (exact) mass is 529 g/mol. The molecule has 2 heterocycles. The molecule has 2 atom stereocenters. The van der Waals surface area contributed by atoms with E-state index in [-0.39, 0.29) is 17.9 Å². The first kappa shape index (κ1) is 30.4. The number of rotatable bonds is 7. The minimum atomic E-state index is -0.519. The molecule has 3 rings (SSSR count). The summed E-state index contributed by atoms with van der Waals surface area (Å²) in [5.74, 6) is 1.60. The van der Waals surface area contributed by atoms with Gasteiger partial charge in [-0.05, 0) is 81.1 Å². The van der Waals surface area contributed by atoms with Crippen molar-refractivity contribution in [3.8, 4) is 5.75 Å². The van der Waals surface area contributed by atoms with Gasteiger partial charge in [-0.2, -0.15) is 0 Å². The summed E-state index contributed by atoms with van der Waals surface area (Å²) < 4.78 is 11.3. The van der Waals surface area contributed by atoms with Gasteiger partial charge in [-0.15, -0.1) is 0 Å². The standard InChI is InChI=1S/C31H51N3O4/c1-23(2)19-26-22-38-18-8-6-7-13-31(30(36)33-28(20-24(3)4)29(35)32-26)14-16-34(17-15-31)21-25-9-11-27(37-5)12-10-25/h9-12,23-24,26,28H,6-8,13-22H2,1-5H3,(H,32,35)(H,33,36)/t26-,28-/m0/s1. The van der Waals surface area contributed by atoms with E-state index in [0.717, 1.165) is 70.3 Å². The Balaban J connectivity index is 1.72. The molecule has 0 aromatic heterocycles. The second kappa shape index (κ2) is 14.9. The van der Waals surface area contributed by atoms with Gasteiger partial charge in [-0.1, -0.05) is 52.7 Å². The molecule has 1 spiro atoms. The first-order chi connectivity index (χ1) is 18.2. The number of hydrogen-bond donors (Lipinski definition) is 2. The number of ether oxygens (including phenoxy) is 2. The van der Waals surface area contributed by atoms with Crippen LogP contribution in [0.2, 0.25) is 0 Å². The second-order valence-electron chi connectivity index (χ2n) is 12.3. The minimum absolute atomic E-state index is 0.0350. The highest BCUT2D eigenvalue weighted by Gasteiger charge is 2.42. The van der Waals surface area contributed by atoms with Crippen molar-refractivity contribution in [1.29, 1.82) is 0 Å². The van der Waals surface area contributed by atoms with Gasteiger partial charge in [0.15, 0.2) is 0 Å². The molecule has 0 radical (unpaired) electrons. The lowest BCUT2D eigenvalue weighted by Gasteiger charge is -2.42. The Bertz CT molecular complexity index is 862. The van der Waals surface area contributed by atoms with Crippen molar-refractivity contribution in [3.05, 3.63) is 29.8 Å². The molecule has 0 bridgehead atoms. The highest BCUT2D eigenvalue weighted by atomic mass is 16.5. The van der Waals surface area contributed by atoms with Crippen LogP contribution in [0.15, 0.2) is 24.3 Å². The maximum Gasteiger partial charge on any atom is 0.242 e. The lowest BCUT2D eigenvalue weighted by molar-refractivity contribution is -0.139. The van der Waals surface area contributed by atoms with Crippen molar-refractivity contribution >= 4 is 11.8 Å². The van der Waals surface area contributed by atoms with Crippen LogP contribution in [0, 0.1) is 17.3 Å². The van der Waals surface area contributed by atoms with Gasteiger partial charge in [0, 0.05) is 13.2 Å². The fraction of sp³-hybridized carbons (Fsp3) is 0.742. The first-order valence-electron chi connectivity index (χ1n) is 14.7. The largest absolute Gasteiger partial charge is 0.497 e. The molecule has 0 unspecified atom stereocenters. The first-order valence-corrected chi connectivity index (χ1v) is 14.7. The summed E-state index contributed by atoms with van der Waals surface area (Å²) in [4.78, 5) is 29.8. The van der Waals surface area contributed by atoms with Crippen LogP contribution in [0.3, 0.4) is 0 Å². The summed E-state index contributed by atoms with van der Waals surface area (Å²) in [6.45, 7) is 12.4. The third-order valence-electron chi connectivity index (χ3n) is 8.05. The number of benzene rings is 1. The van der Waals surface area contributed by atoms with Crippen LogP contribution >= 0.6 is 0 Å². The zero-order valence-electron chi connectivity index (χ0n) is 24.4. The highest BCUT2D eigenvalue weighted by Crippen LogP contribution is 2.38. The molecule has 0 aliphatic carbocycles. The number of likely N-dealkylation sites (tertiary alicyclic amines) is 1. The second-order valence-corrected chi connectivity index (χ2v) is 12.3. The lowest BCUT2D eigenvalue weighted by Crippen LogP contribution is -2.56. The number of methoxy groups -OCH3 is 1. The molecular formula is C31H51N3O4. The van der Waals surface area contributed by atoms with Gasteiger partial charge >= 0.3 is 0 Å². The average Bonchev–Trinajstić information content (AvgIpc) is 2.88. The molecule has 7 heteroatoms. The van der Waals surface area contributed by atoms with Crippen molar-refractivity contribution in [2.24, 2.45) is 17.3 Å².